The lowest BCUT2D eigenvalue weighted by molar-refractivity contribution is -0.230. The van der Waals surface area contributed by atoms with Gasteiger partial charge in [-0.1, -0.05) is 42.5 Å². The third-order valence-corrected chi connectivity index (χ3v) is 9.32. The van der Waals surface area contributed by atoms with Crippen LogP contribution in [-0.4, -0.2) is 27.6 Å². The van der Waals surface area contributed by atoms with E-state index in [1.807, 2.05) is 42.0 Å². The zero-order valence-electron chi connectivity index (χ0n) is 22.5. The third kappa shape index (κ3) is 4.02. The molecule has 1 amide bonds. The van der Waals surface area contributed by atoms with Gasteiger partial charge in [0.05, 0.1) is 16.5 Å². The number of nitrogens with zero attached hydrogens (tertiary/aromatic N) is 1. The average Bonchev–Trinajstić information content (AvgIpc) is 3.30. The number of aromatic nitrogens is 1. The van der Waals surface area contributed by atoms with Crippen molar-refractivity contribution < 1.29 is 23.5 Å². The first kappa shape index (κ1) is 25.4. The molecule has 3 saturated carbocycles. The molecule has 3 aliphatic rings. The van der Waals surface area contributed by atoms with Crippen LogP contribution in [0.3, 0.4) is 0 Å². The van der Waals surface area contributed by atoms with Gasteiger partial charge < -0.3 is 15.0 Å². The van der Waals surface area contributed by atoms with E-state index >= 15 is 0 Å². The lowest BCUT2D eigenvalue weighted by Gasteiger charge is -2.70. The second-order valence-electron chi connectivity index (χ2n) is 11.9. The minimum atomic E-state index is -0.952. The highest BCUT2D eigenvalue weighted by Crippen LogP contribution is 2.74. The number of benzene rings is 4. The molecule has 0 saturated heterocycles. The predicted octanol–water partition coefficient (Wildman–Crippen LogP) is 7.16. The molecule has 4 aromatic carbocycles. The summed E-state index contributed by atoms with van der Waals surface area (Å²) < 4.78 is 29.9. The largest absolute Gasteiger partial charge is 0.481 e. The molecule has 0 aliphatic heterocycles. The minimum absolute atomic E-state index is 0.196. The third-order valence-electron chi connectivity index (χ3n) is 9.32. The van der Waals surface area contributed by atoms with Crippen LogP contribution in [0.1, 0.15) is 42.1 Å². The summed E-state index contributed by atoms with van der Waals surface area (Å²) in [6.07, 6.45) is 3.64. The van der Waals surface area contributed by atoms with Crippen molar-refractivity contribution in [1.82, 2.24) is 9.88 Å². The van der Waals surface area contributed by atoms with E-state index in [4.69, 9.17) is 0 Å². The van der Waals surface area contributed by atoms with E-state index in [9.17, 15) is 23.5 Å². The monoisotopic (exact) mass is 550 g/mol. The molecule has 0 spiro atoms. The maximum absolute atomic E-state index is 14.1. The topological polar surface area (TPSA) is 71.3 Å². The van der Waals surface area contributed by atoms with Gasteiger partial charge in [-0.2, -0.15) is 0 Å². The summed E-state index contributed by atoms with van der Waals surface area (Å²) in [6, 6.07) is 23.5. The standard InChI is InChI=1S/C34H28F2N2O3/c1-20(33-17-34(18-33,19-33)32(40)41)37-31(39)27-14-26(24-8-9-28(35)29(36)15-24)13-25-10-11-38(30(25)27)16-21-6-7-22-4-2-3-5-23(22)12-21/h2-15,20H,16-19H2,1H3,(H,37,39)(H,40,41)/t20-,33?,34?/m1/s1. The van der Waals surface area contributed by atoms with Crippen molar-refractivity contribution in [3.8, 4) is 11.1 Å². The summed E-state index contributed by atoms with van der Waals surface area (Å²) in [6.45, 7) is 2.48. The molecule has 2 N–H and O–H groups in total. The summed E-state index contributed by atoms with van der Waals surface area (Å²) in [5.41, 5.74) is 2.50. The highest BCUT2D eigenvalue weighted by molar-refractivity contribution is 6.08. The molecule has 8 rings (SSSR count). The molecule has 5 nitrogen and oxygen atoms in total. The zero-order chi connectivity index (χ0) is 28.5. The molecule has 1 heterocycles. The molecule has 41 heavy (non-hydrogen) atoms. The fourth-order valence-corrected chi connectivity index (χ4v) is 7.01. The van der Waals surface area contributed by atoms with E-state index in [2.05, 4.69) is 35.6 Å². The van der Waals surface area contributed by atoms with E-state index in [1.165, 1.54) is 6.07 Å². The number of rotatable bonds is 7. The molecule has 2 bridgehead atoms. The van der Waals surface area contributed by atoms with Crippen LogP contribution in [0.2, 0.25) is 0 Å². The molecule has 7 heteroatoms. The van der Waals surface area contributed by atoms with E-state index < -0.39 is 23.0 Å². The van der Waals surface area contributed by atoms with Gasteiger partial charge in [-0.25, -0.2) is 8.78 Å². The number of hydrogen-bond acceptors (Lipinski definition) is 2. The van der Waals surface area contributed by atoms with E-state index in [1.54, 1.807) is 6.07 Å². The molecule has 3 aliphatic carbocycles. The van der Waals surface area contributed by atoms with Crippen molar-refractivity contribution >= 4 is 33.6 Å². The fraction of sp³-hybridized carbons (Fsp3) is 0.235. The number of carbonyl (C=O) groups is 2. The summed E-state index contributed by atoms with van der Waals surface area (Å²) in [5, 5.41) is 15.8. The molecule has 1 aromatic heterocycles. The Morgan fingerprint density at radius 3 is 2.37 bits per heavy atom. The number of fused-ring (bicyclic) bond motifs is 2. The first-order valence-corrected chi connectivity index (χ1v) is 13.8. The van der Waals surface area contributed by atoms with Crippen LogP contribution in [0, 0.1) is 22.5 Å². The van der Waals surface area contributed by atoms with Crippen LogP contribution < -0.4 is 5.32 Å². The summed E-state index contributed by atoms with van der Waals surface area (Å²) in [7, 11) is 0. The van der Waals surface area contributed by atoms with Crippen molar-refractivity contribution in [2.24, 2.45) is 10.8 Å². The molecular formula is C34H28F2N2O3. The van der Waals surface area contributed by atoms with Crippen molar-refractivity contribution in [3.63, 3.8) is 0 Å². The number of carboxylic acid groups (broad SMARTS) is 1. The number of carbonyl (C=O) groups excluding carboxylic acids is 1. The van der Waals surface area contributed by atoms with Gasteiger partial charge in [0.25, 0.3) is 5.91 Å². The van der Waals surface area contributed by atoms with Gasteiger partial charge in [-0.15, -0.1) is 0 Å². The van der Waals surface area contributed by atoms with Crippen LogP contribution in [0.25, 0.3) is 32.8 Å². The van der Waals surface area contributed by atoms with Gasteiger partial charge in [0.1, 0.15) is 0 Å². The van der Waals surface area contributed by atoms with Crippen molar-refractivity contribution in [3.05, 3.63) is 108 Å². The zero-order valence-corrected chi connectivity index (χ0v) is 22.5. The van der Waals surface area contributed by atoms with Crippen LogP contribution >= 0.6 is 0 Å². The Labute approximate surface area is 235 Å². The van der Waals surface area contributed by atoms with Crippen LogP contribution in [-0.2, 0) is 11.3 Å². The predicted molar refractivity (Wildman–Crippen MR) is 154 cm³/mol. The summed E-state index contributed by atoms with van der Waals surface area (Å²) in [5.74, 6) is -2.92. The van der Waals surface area contributed by atoms with Crippen LogP contribution in [0.4, 0.5) is 8.78 Å². The molecule has 1 atom stereocenters. The number of amides is 1. The summed E-state index contributed by atoms with van der Waals surface area (Å²) in [4.78, 5) is 25.5. The maximum Gasteiger partial charge on any atom is 0.309 e. The fourth-order valence-electron chi connectivity index (χ4n) is 7.01. The number of carboxylic acids is 1. The van der Waals surface area contributed by atoms with Crippen LogP contribution in [0.5, 0.6) is 0 Å². The highest BCUT2D eigenvalue weighted by Gasteiger charge is 2.73. The lowest BCUT2D eigenvalue weighted by Crippen LogP contribution is -2.71. The van der Waals surface area contributed by atoms with Crippen molar-refractivity contribution in [2.45, 2.75) is 38.8 Å². The van der Waals surface area contributed by atoms with Gasteiger partial charge >= 0.3 is 5.97 Å². The average molecular weight is 551 g/mol. The maximum atomic E-state index is 14.1. The Kier molecular flexibility index (Phi) is 5.58. The molecule has 5 aromatic rings. The van der Waals surface area contributed by atoms with E-state index in [0.29, 0.717) is 42.5 Å². The first-order valence-electron chi connectivity index (χ1n) is 13.8. The molecular weight excluding hydrogens is 522 g/mol. The van der Waals surface area contributed by atoms with Gasteiger partial charge in [0, 0.05) is 24.2 Å². The number of halogens is 2. The highest BCUT2D eigenvalue weighted by atomic mass is 19.2. The van der Waals surface area contributed by atoms with Gasteiger partial charge in [-0.3, -0.25) is 9.59 Å². The second kappa shape index (κ2) is 8.99. The molecule has 0 radical (unpaired) electrons. The Morgan fingerprint density at radius 2 is 1.63 bits per heavy atom. The van der Waals surface area contributed by atoms with Crippen molar-refractivity contribution in [2.75, 3.05) is 0 Å². The minimum Gasteiger partial charge on any atom is -0.481 e. The van der Waals surface area contributed by atoms with Crippen molar-refractivity contribution in [1.29, 1.82) is 0 Å². The van der Waals surface area contributed by atoms with Crippen LogP contribution in [0.15, 0.2) is 85.1 Å². The number of aliphatic carboxylic acids is 1. The molecule has 0 unspecified atom stereocenters. The Morgan fingerprint density at radius 1 is 0.878 bits per heavy atom. The van der Waals surface area contributed by atoms with E-state index in [-0.39, 0.29) is 17.4 Å². The Bertz CT molecular complexity index is 1870. The molecule has 206 valence electrons. The normalized spacial score (nSPS) is 21.7. The quantitative estimate of drug-likeness (QED) is 0.226. The smallest absolute Gasteiger partial charge is 0.309 e. The number of hydrogen-bond donors (Lipinski definition) is 2. The first-order chi connectivity index (χ1) is 19.7. The molecule has 3 fully saturated rings. The number of nitrogens with one attached hydrogen (secondary N) is 1. The van der Waals surface area contributed by atoms with Gasteiger partial charge in [-0.05, 0) is 95.5 Å². The summed E-state index contributed by atoms with van der Waals surface area (Å²) >= 11 is 0. The van der Waals surface area contributed by atoms with Gasteiger partial charge in [0.15, 0.2) is 11.6 Å². The lowest BCUT2D eigenvalue weighted by atomic mass is 9.33. The Balaban J connectivity index is 1.27. The van der Waals surface area contributed by atoms with E-state index in [0.717, 1.165) is 39.4 Å². The second-order valence-corrected chi connectivity index (χ2v) is 11.9. The SMILES string of the molecule is C[C@@H](NC(=O)c1cc(-c2ccc(F)c(F)c2)cc2ccn(Cc3ccc4ccccc4c3)c12)C12CC(C(=O)O)(C1)C2. The Hall–Kier alpha value is -4.52. The van der Waals surface area contributed by atoms with Gasteiger partial charge in [0.2, 0.25) is 0 Å².